The predicted octanol–water partition coefficient (Wildman–Crippen LogP) is 2.59. The largest absolute Gasteiger partial charge is 0.381 e. The number of benzene rings is 1. The maximum absolute atomic E-state index is 13.6. The zero-order valence-electron chi connectivity index (χ0n) is 11.9. The fourth-order valence-electron chi connectivity index (χ4n) is 2.32. The van der Waals surface area contributed by atoms with E-state index in [2.05, 4.69) is 5.32 Å². The summed E-state index contributed by atoms with van der Waals surface area (Å²) in [5, 5.41) is 11.3. The van der Waals surface area contributed by atoms with Crippen LogP contribution in [0.3, 0.4) is 0 Å². The third kappa shape index (κ3) is 4.17. The van der Waals surface area contributed by atoms with Gasteiger partial charge in [-0.25, -0.2) is 9.18 Å². The van der Waals surface area contributed by atoms with E-state index in [-0.39, 0.29) is 5.69 Å². The number of urea groups is 1. The minimum atomic E-state index is -0.559. The van der Waals surface area contributed by atoms with Gasteiger partial charge in [0.1, 0.15) is 5.82 Å². The average Bonchev–Trinajstić information content (AvgIpc) is 2.50. The molecule has 1 fully saturated rings. The summed E-state index contributed by atoms with van der Waals surface area (Å²) in [7, 11) is 1.66. The Morgan fingerprint density at radius 3 is 3.10 bits per heavy atom. The van der Waals surface area contributed by atoms with E-state index in [9.17, 15) is 9.18 Å². The monoisotopic (exact) mass is 291 g/mol. The molecule has 0 spiro atoms. The Morgan fingerprint density at radius 1 is 1.62 bits per heavy atom. The van der Waals surface area contributed by atoms with E-state index < -0.39 is 11.8 Å². The van der Waals surface area contributed by atoms with Gasteiger partial charge >= 0.3 is 6.03 Å². The number of carbonyl (C=O) groups is 1. The normalized spacial score (nSPS) is 17.9. The van der Waals surface area contributed by atoms with Gasteiger partial charge in [-0.05, 0) is 31.0 Å². The van der Waals surface area contributed by atoms with Crippen molar-refractivity contribution in [3.63, 3.8) is 0 Å². The second-order valence-corrected chi connectivity index (χ2v) is 5.20. The Bertz CT molecular complexity index is 550. The quantitative estimate of drug-likeness (QED) is 0.931. The van der Waals surface area contributed by atoms with Crippen molar-refractivity contribution in [1.29, 1.82) is 5.26 Å². The lowest BCUT2D eigenvalue weighted by Gasteiger charge is -2.27. The molecule has 112 valence electrons. The fourth-order valence-corrected chi connectivity index (χ4v) is 2.32. The molecule has 1 unspecified atom stereocenters. The van der Waals surface area contributed by atoms with Crippen molar-refractivity contribution in [3.05, 3.63) is 29.6 Å². The molecule has 1 aromatic carbocycles. The van der Waals surface area contributed by atoms with E-state index in [4.69, 9.17) is 10.00 Å². The third-order valence-electron chi connectivity index (χ3n) is 3.47. The molecule has 21 heavy (non-hydrogen) atoms. The topological polar surface area (TPSA) is 65.4 Å². The summed E-state index contributed by atoms with van der Waals surface area (Å²) >= 11 is 0. The maximum Gasteiger partial charge on any atom is 0.321 e. The van der Waals surface area contributed by atoms with Crippen LogP contribution in [0.1, 0.15) is 18.4 Å². The van der Waals surface area contributed by atoms with Gasteiger partial charge in [-0.1, -0.05) is 0 Å². The highest BCUT2D eigenvalue weighted by molar-refractivity contribution is 5.89. The van der Waals surface area contributed by atoms with Crippen LogP contribution in [0.25, 0.3) is 0 Å². The Balaban J connectivity index is 1.95. The van der Waals surface area contributed by atoms with Gasteiger partial charge < -0.3 is 15.0 Å². The van der Waals surface area contributed by atoms with Gasteiger partial charge in [-0.3, -0.25) is 0 Å². The van der Waals surface area contributed by atoms with Crippen molar-refractivity contribution in [2.75, 3.05) is 32.1 Å². The standard InChI is InChI=1S/C15H18FN3O2/c1-19(9-12-3-2-6-21-10-12)15(20)18-14-7-11(8-17)4-5-13(14)16/h4-5,7,12H,2-3,6,9-10H2,1H3,(H,18,20). The Hall–Kier alpha value is -2.13. The lowest BCUT2D eigenvalue weighted by molar-refractivity contribution is 0.0464. The summed E-state index contributed by atoms with van der Waals surface area (Å²) in [6.45, 7) is 1.99. The molecule has 0 aliphatic carbocycles. The molecule has 1 N–H and O–H groups in total. The first-order chi connectivity index (χ1) is 10.1. The third-order valence-corrected chi connectivity index (χ3v) is 3.47. The molecule has 1 aromatic rings. The molecule has 0 aromatic heterocycles. The van der Waals surface area contributed by atoms with Crippen LogP contribution in [0.15, 0.2) is 18.2 Å². The molecule has 1 heterocycles. The van der Waals surface area contributed by atoms with Gasteiger partial charge in [0.15, 0.2) is 0 Å². The number of ether oxygens (including phenoxy) is 1. The van der Waals surface area contributed by atoms with Crippen LogP contribution in [0.4, 0.5) is 14.9 Å². The minimum Gasteiger partial charge on any atom is -0.381 e. The number of carbonyl (C=O) groups excluding carboxylic acids is 1. The van der Waals surface area contributed by atoms with Crippen LogP contribution < -0.4 is 5.32 Å². The smallest absolute Gasteiger partial charge is 0.321 e. The Kier molecular flexibility index (Phi) is 5.12. The number of halogens is 1. The molecule has 1 aliphatic rings. The molecular weight excluding hydrogens is 273 g/mol. The first kappa shape index (κ1) is 15.3. The summed E-state index contributed by atoms with van der Waals surface area (Å²) in [6.07, 6.45) is 2.02. The van der Waals surface area contributed by atoms with Crippen molar-refractivity contribution >= 4 is 11.7 Å². The zero-order chi connectivity index (χ0) is 15.2. The molecular formula is C15H18FN3O2. The molecule has 6 heteroatoms. The summed E-state index contributed by atoms with van der Waals surface area (Å²) < 4.78 is 19.0. The number of nitrogens with zero attached hydrogens (tertiary/aromatic N) is 2. The second-order valence-electron chi connectivity index (χ2n) is 5.20. The number of anilines is 1. The molecule has 5 nitrogen and oxygen atoms in total. The fraction of sp³-hybridized carbons (Fsp3) is 0.467. The second kappa shape index (κ2) is 7.04. The highest BCUT2D eigenvalue weighted by Crippen LogP contribution is 2.18. The first-order valence-corrected chi connectivity index (χ1v) is 6.89. The van der Waals surface area contributed by atoms with Gasteiger partial charge in [0.05, 0.1) is 23.9 Å². The summed E-state index contributed by atoms with van der Waals surface area (Å²) in [4.78, 5) is 13.6. The molecule has 0 radical (unpaired) electrons. The molecule has 0 bridgehead atoms. The van der Waals surface area contributed by atoms with Crippen LogP contribution in [0, 0.1) is 23.1 Å². The van der Waals surface area contributed by atoms with E-state index in [0.29, 0.717) is 24.6 Å². The molecule has 1 atom stereocenters. The van der Waals surface area contributed by atoms with E-state index >= 15 is 0 Å². The van der Waals surface area contributed by atoms with Gasteiger partial charge in [-0.2, -0.15) is 5.26 Å². The number of nitriles is 1. The summed E-state index contributed by atoms with van der Waals surface area (Å²) in [6, 6.07) is 5.38. The van der Waals surface area contributed by atoms with Gasteiger partial charge in [0.2, 0.25) is 0 Å². The van der Waals surface area contributed by atoms with Gasteiger partial charge in [0, 0.05) is 26.1 Å². The average molecular weight is 291 g/mol. The van der Waals surface area contributed by atoms with E-state index in [0.717, 1.165) is 19.4 Å². The minimum absolute atomic E-state index is 0.0193. The van der Waals surface area contributed by atoms with Crippen LogP contribution in [-0.2, 0) is 4.74 Å². The van der Waals surface area contributed by atoms with Crippen molar-refractivity contribution in [3.8, 4) is 6.07 Å². The number of rotatable bonds is 3. The highest BCUT2D eigenvalue weighted by atomic mass is 19.1. The predicted molar refractivity (Wildman–Crippen MR) is 76.3 cm³/mol. The lowest BCUT2D eigenvalue weighted by Crippen LogP contribution is -2.37. The maximum atomic E-state index is 13.6. The van der Waals surface area contributed by atoms with Crippen LogP contribution in [-0.4, -0.2) is 37.7 Å². The zero-order valence-corrected chi connectivity index (χ0v) is 11.9. The molecule has 1 saturated heterocycles. The number of hydrogen-bond acceptors (Lipinski definition) is 3. The Labute approximate surface area is 123 Å². The van der Waals surface area contributed by atoms with Crippen molar-refractivity contribution < 1.29 is 13.9 Å². The van der Waals surface area contributed by atoms with Crippen LogP contribution in [0.5, 0.6) is 0 Å². The van der Waals surface area contributed by atoms with E-state index in [1.807, 2.05) is 6.07 Å². The lowest BCUT2D eigenvalue weighted by atomic mass is 10.0. The van der Waals surface area contributed by atoms with Gasteiger partial charge in [0.25, 0.3) is 0 Å². The van der Waals surface area contributed by atoms with Gasteiger partial charge in [-0.15, -0.1) is 0 Å². The number of hydrogen-bond donors (Lipinski definition) is 1. The molecule has 2 amide bonds. The molecule has 2 rings (SSSR count). The van der Waals surface area contributed by atoms with Crippen molar-refractivity contribution in [2.45, 2.75) is 12.8 Å². The summed E-state index contributed by atoms with van der Waals surface area (Å²) in [5.74, 6) is -0.249. The van der Waals surface area contributed by atoms with Crippen LogP contribution in [0.2, 0.25) is 0 Å². The molecule has 0 saturated carbocycles. The number of amides is 2. The van der Waals surface area contributed by atoms with Crippen LogP contribution >= 0.6 is 0 Å². The van der Waals surface area contributed by atoms with E-state index in [1.54, 1.807) is 7.05 Å². The van der Waals surface area contributed by atoms with Crippen molar-refractivity contribution in [1.82, 2.24) is 4.90 Å². The SMILES string of the molecule is CN(CC1CCCOC1)C(=O)Nc1cc(C#N)ccc1F. The first-order valence-electron chi connectivity index (χ1n) is 6.89. The Morgan fingerprint density at radius 2 is 2.43 bits per heavy atom. The molecule has 1 aliphatic heterocycles. The highest BCUT2D eigenvalue weighted by Gasteiger charge is 2.19. The number of nitrogens with one attached hydrogen (secondary N) is 1. The summed E-state index contributed by atoms with van der Waals surface area (Å²) in [5.41, 5.74) is 0.320. The van der Waals surface area contributed by atoms with E-state index in [1.165, 1.54) is 23.1 Å². The van der Waals surface area contributed by atoms with Crippen molar-refractivity contribution in [2.24, 2.45) is 5.92 Å².